The summed E-state index contributed by atoms with van der Waals surface area (Å²) in [6, 6.07) is 5.52. The molecule has 8 heteroatoms. The second kappa shape index (κ2) is 9.88. The maximum absolute atomic E-state index is 12.3. The van der Waals surface area contributed by atoms with Crippen LogP contribution in [0.15, 0.2) is 47.5 Å². The van der Waals surface area contributed by atoms with Crippen LogP contribution in [0, 0.1) is 0 Å². The number of H-pyrrole nitrogens is 1. The number of anilines is 1. The third-order valence-electron chi connectivity index (χ3n) is 4.86. The summed E-state index contributed by atoms with van der Waals surface area (Å²) >= 11 is 0. The Morgan fingerprint density at radius 2 is 2.28 bits per heavy atom. The van der Waals surface area contributed by atoms with Gasteiger partial charge in [-0.1, -0.05) is 6.08 Å². The molecule has 0 radical (unpaired) electrons. The summed E-state index contributed by atoms with van der Waals surface area (Å²) in [7, 11) is 3.40. The summed E-state index contributed by atoms with van der Waals surface area (Å²) in [6.07, 6.45) is 8.54. The SMILES string of the molecule is CNCC=CC(=O)N1CCC[C@@H](Nc2cc(-c3ccnc(OC)c3)c[nH]c2=O)C1. The van der Waals surface area contributed by atoms with Crippen LogP contribution in [0.4, 0.5) is 5.69 Å². The first-order valence-corrected chi connectivity index (χ1v) is 9.70. The lowest BCUT2D eigenvalue weighted by Crippen LogP contribution is -2.45. The van der Waals surface area contributed by atoms with E-state index < -0.39 is 0 Å². The third-order valence-corrected chi connectivity index (χ3v) is 4.86. The third kappa shape index (κ3) is 5.45. The normalized spacial score (nSPS) is 16.8. The van der Waals surface area contributed by atoms with Crippen LogP contribution in [-0.2, 0) is 4.79 Å². The molecule has 0 aromatic carbocycles. The van der Waals surface area contributed by atoms with Crippen LogP contribution in [0.5, 0.6) is 5.88 Å². The number of carbonyl (C=O) groups is 1. The lowest BCUT2D eigenvalue weighted by Gasteiger charge is -2.33. The Labute approximate surface area is 170 Å². The fourth-order valence-electron chi connectivity index (χ4n) is 3.36. The molecule has 154 valence electrons. The van der Waals surface area contributed by atoms with Crippen LogP contribution in [0.2, 0.25) is 0 Å². The zero-order chi connectivity index (χ0) is 20.6. The van der Waals surface area contributed by atoms with Crippen LogP contribution in [0.3, 0.4) is 0 Å². The Balaban J connectivity index is 1.72. The number of carbonyl (C=O) groups excluding carboxylic acids is 1. The number of pyridine rings is 2. The minimum atomic E-state index is -0.188. The monoisotopic (exact) mass is 397 g/mol. The maximum atomic E-state index is 12.3. The quantitative estimate of drug-likeness (QED) is 0.614. The van der Waals surface area contributed by atoms with Crippen molar-refractivity contribution in [3.63, 3.8) is 0 Å². The van der Waals surface area contributed by atoms with E-state index >= 15 is 0 Å². The van der Waals surface area contributed by atoms with E-state index in [0.29, 0.717) is 24.7 Å². The van der Waals surface area contributed by atoms with E-state index in [2.05, 4.69) is 20.6 Å². The van der Waals surface area contributed by atoms with Gasteiger partial charge in [0.1, 0.15) is 5.69 Å². The van der Waals surface area contributed by atoms with Gasteiger partial charge in [-0.25, -0.2) is 4.98 Å². The molecule has 0 saturated carbocycles. The first kappa shape index (κ1) is 20.6. The number of likely N-dealkylation sites (tertiary alicyclic amines) is 1. The van der Waals surface area contributed by atoms with Crippen molar-refractivity contribution >= 4 is 11.6 Å². The fourth-order valence-corrected chi connectivity index (χ4v) is 3.36. The molecule has 1 saturated heterocycles. The van der Waals surface area contributed by atoms with E-state index in [4.69, 9.17) is 4.74 Å². The number of methoxy groups -OCH3 is 1. The number of hydrogen-bond donors (Lipinski definition) is 3. The second-order valence-electron chi connectivity index (χ2n) is 6.95. The van der Waals surface area contributed by atoms with Crippen molar-refractivity contribution < 1.29 is 9.53 Å². The molecule has 1 amide bonds. The Hall–Kier alpha value is -3.13. The average molecular weight is 397 g/mol. The Morgan fingerprint density at radius 3 is 3.07 bits per heavy atom. The summed E-state index contributed by atoms with van der Waals surface area (Å²) in [6.45, 7) is 1.95. The predicted molar refractivity (Wildman–Crippen MR) is 113 cm³/mol. The first-order valence-electron chi connectivity index (χ1n) is 9.70. The molecule has 0 unspecified atom stereocenters. The van der Waals surface area contributed by atoms with Crippen molar-refractivity contribution in [3.8, 4) is 17.0 Å². The Kier molecular flexibility index (Phi) is 7.02. The molecular formula is C21H27N5O3. The van der Waals surface area contributed by atoms with Gasteiger partial charge in [0.2, 0.25) is 11.8 Å². The largest absolute Gasteiger partial charge is 0.481 e. The molecule has 8 nitrogen and oxygen atoms in total. The standard InChI is InChI=1S/C21H27N5O3/c1-22-8-3-6-20(27)26-10-4-5-17(14-26)25-18-11-16(13-24-21(18)28)15-7-9-23-19(12-15)29-2/h3,6-7,9,11-13,17,22,25H,4-5,8,10,14H2,1-2H3,(H,24,28)/t17-/m1/s1. The number of nitrogens with zero attached hydrogens (tertiary/aromatic N) is 2. The van der Waals surface area contributed by atoms with Crippen molar-refractivity contribution in [2.75, 3.05) is 39.1 Å². The zero-order valence-electron chi connectivity index (χ0n) is 16.8. The Bertz CT molecular complexity index is 925. The first-order chi connectivity index (χ1) is 14.1. The van der Waals surface area contributed by atoms with Gasteiger partial charge in [-0.05, 0) is 37.6 Å². The van der Waals surface area contributed by atoms with Gasteiger partial charge in [-0.15, -0.1) is 0 Å². The number of hydrogen-bond acceptors (Lipinski definition) is 6. The summed E-state index contributed by atoms with van der Waals surface area (Å²) in [5.41, 5.74) is 2.05. The van der Waals surface area contributed by atoms with Crippen molar-refractivity contribution in [2.45, 2.75) is 18.9 Å². The van der Waals surface area contributed by atoms with Crippen LogP contribution < -0.4 is 20.9 Å². The molecule has 0 spiro atoms. The van der Waals surface area contributed by atoms with Crippen molar-refractivity contribution in [1.29, 1.82) is 0 Å². The van der Waals surface area contributed by atoms with Crippen molar-refractivity contribution in [2.24, 2.45) is 0 Å². The van der Waals surface area contributed by atoms with Gasteiger partial charge in [-0.2, -0.15) is 0 Å². The van der Waals surface area contributed by atoms with Crippen molar-refractivity contribution in [3.05, 3.63) is 53.1 Å². The highest BCUT2D eigenvalue weighted by molar-refractivity contribution is 5.87. The lowest BCUT2D eigenvalue weighted by atomic mass is 10.0. The summed E-state index contributed by atoms with van der Waals surface area (Å²) < 4.78 is 5.18. The van der Waals surface area contributed by atoms with E-state index in [9.17, 15) is 9.59 Å². The van der Waals surface area contributed by atoms with E-state index in [1.807, 2.05) is 36.2 Å². The summed E-state index contributed by atoms with van der Waals surface area (Å²) in [5.74, 6) is 0.509. The average Bonchev–Trinajstić information content (AvgIpc) is 2.75. The van der Waals surface area contributed by atoms with Gasteiger partial charge in [0, 0.05) is 55.8 Å². The minimum Gasteiger partial charge on any atom is -0.481 e. The number of ether oxygens (including phenoxy) is 1. The summed E-state index contributed by atoms with van der Waals surface area (Å²) in [5, 5.41) is 6.30. The molecule has 1 atom stereocenters. The number of aromatic nitrogens is 2. The van der Waals surface area contributed by atoms with Crippen LogP contribution in [0.25, 0.3) is 11.1 Å². The highest BCUT2D eigenvalue weighted by Gasteiger charge is 2.23. The van der Waals surface area contributed by atoms with Gasteiger partial charge >= 0.3 is 0 Å². The molecule has 1 fully saturated rings. The molecule has 3 rings (SSSR count). The molecule has 1 aliphatic rings. The van der Waals surface area contributed by atoms with Gasteiger partial charge in [0.25, 0.3) is 5.56 Å². The number of likely N-dealkylation sites (N-methyl/N-ethyl adjacent to an activating group) is 1. The molecule has 2 aromatic rings. The molecule has 0 bridgehead atoms. The van der Waals surface area contributed by atoms with Crippen LogP contribution in [-0.4, -0.2) is 60.6 Å². The van der Waals surface area contributed by atoms with Gasteiger partial charge in [0.05, 0.1) is 7.11 Å². The molecule has 2 aromatic heterocycles. The number of aromatic amines is 1. The lowest BCUT2D eigenvalue weighted by molar-refractivity contribution is -0.127. The smallest absolute Gasteiger partial charge is 0.271 e. The molecule has 0 aliphatic carbocycles. The van der Waals surface area contributed by atoms with E-state index in [0.717, 1.165) is 30.5 Å². The van der Waals surface area contributed by atoms with E-state index in [1.54, 1.807) is 25.6 Å². The molecule has 1 aliphatic heterocycles. The molecule has 29 heavy (non-hydrogen) atoms. The number of piperidine rings is 1. The number of rotatable bonds is 7. The molecule has 3 N–H and O–H groups in total. The van der Waals surface area contributed by atoms with Gasteiger partial charge in [0.15, 0.2) is 0 Å². The molecular weight excluding hydrogens is 370 g/mol. The number of nitrogens with one attached hydrogen (secondary N) is 3. The van der Waals surface area contributed by atoms with E-state index in [-0.39, 0.29) is 17.5 Å². The maximum Gasteiger partial charge on any atom is 0.271 e. The van der Waals surface area contributed by atoms with Crippen LogP contribution >= 0.6 is 0 Å². The van der Waals surface area contributed by atoms with Gasteiger partial charge in [-0.3, -0.25) is 9.59 Å². The zero-order valence-corrected chi connectivity index (χ0v) is 16.8. The van der Waals surface area contributed by atoms with Crippen molar-refractivity contribution in [1.82, 2.24) is 20.2 Å². The van der Waals surface area contributed by atoms with Gasteiger partial charge < -0.3 is 25.3 Å². The fraction of sp³-hybridized carbons (Fsp3) is 0.381. The van der Waals surface area contributed by atoms with E-state index in [1.165, 1.54) is 0 Å². The molecule has 3 heterocycles. The highest BCUT2D eigenvalue weighted by atomic mass is 16.5. The van der Waals surface area contributed by atoms with Crippen LogP contribution in [0.1, 0.15) is 12.8 Å². The number of amides is 1. The highest BCUT2D eigenvalue weighted by Crippen LogP contribution is 2.23. The minimum absolute atomic E-state index is 0.00158. The summed E-state index contributed by atoms with van der Waals surface area (Å²) in [4.78, 5) is 33.4. The predicted octanol–water partition coefficient (Wildman–Crippen LogP) is 1.62. The second-order valence-corrected chi connectivity index (χ2v) is 6.95. The Morgan fingerprint density at radius 1 is 1.41 bits per heavy atom. The topological polar surface area (TPSA) is 99.3 Å².